The number of hydrogen-bond donors (Lipinski definition) is 3. The Balaban J connectivity index is -0.0000000118. The van der Waals surface area contributed by atoms with Crippen molar-refractivity contribution < 1.29 is 163 Å². The van der Waals surface area contributed by atoms with Gasteiger partial charge in [-0.2, -0.15) is 0 Å². The van der Waals surface area contributed by atoms with Crippen LogP contribution in [-0.4, -0.2) is 26.3 Å². The second-order valence-corrected chi connectivity index (χ2v) is 2.24. The quantitative estimate of drug-likeness (QED) is 0.295. The Morgan fingerprint density at radius 2 is 1.00 bits per heavy atom. The molecule has 0 aliphatic carbocycles. The molecular weight excluding hydrogens is 292 g/mol. The molecule has 0 bridgehead atoms. The van der Waals surface area contributed by atoms with Crippen molar-refractivity contribution in [3.63, 3.8) is 0 Å². The predicted octanol–water partition coefficient (Wildman–Crippen LogP) is -10.4. The number of hydrogen-bond acceptors (Lipinski definition) is 5. The molecule has 0 aromatic heterocycles. The van der Waals surface area contributed by atoms with Crippen LogP contribution in [0, 0.1) is 0 Å². The Morgan fingerprint density at radius 3 is 1.00 bits per heavy atom. The van der Waals surface area contributed by atoms with Crippen molar-refractivity contribution in [2.75, 3.05) is 0 Å². The van der Waals surface area contributed by atoms with Gasteiger partial charge in [0.25, 0.3) is 0 Å². The molecule has 14 heavy (non-hydrogen) atoms. The van der Waals surface area contributed by atoms with Crippen molar-refractivity contribution >= 4 is 11.9 Å². The van der Waals surface area contributed by atoms with Gasteiger partial charge >= 0.3 is 151 Å². The SMILES string of the molecule is O=C(O)C(=O)O.[H-].[H-].[H-].[K+].[Na+].[Na+].[O]=[Mn](=[O])(=[O])[OH]. The molecule has 0 atom stereocenters. The van der Waals surface area contributed by atoms with E-state index in [1.165, 1.54) is 0 Å². The first kappa shape index (κ1) is 30.0. The van der Waals surface area contributed by atoms with Gasteiger partial charge in [-0.15, -0.1) is 0 Å². The molecule has 0 heterocycles. The molecule has 72 valence electrons. The summed E-state index contributed by atoms with van der Waals surface area (Å²) >= 11 is -5.38. The summed E-state index contributed by atoms with van der Waals surface area (Å²) in [5, 5.41) is 14.8. The van der Waals surface area contributed by atoms with Crippen LogP contribution >= 0.6 is 0 Å². The van der Waals surface area contributed by atoms with Gasteiger partial charge in [0.1, 0.15) is 0 Å². The summed E-state index contributed by atoms with van der Waals surface area (Å²) in [6, 6.07) is 0. The Labute approximate surface area is 171 Å². The third-order valence-corrected chi connectivity index (χ3v) is 0.183. The number of aliphatic carboxylic acids is 2. The second kappa shape index (κ2) is 15.5. The van der Waals surface area contributed by atoms with Crippen molar-refractivity contribution in [3.8, 4) is 0 Å². The van der Waals surface area contributed by atoms with Gasteiger partial charge in [-0.3, -0.25) is 0 Å². The second-order valence-electron chi connectivity index (χ2n) is 1.01. The molecule has 0 spiro atoms. The van der Waals surface area contributed by atoms with Gasteiger partial charge in [0.2, 0.25) is 0 Å². The van der Waals surface area contributed by atoms with Crippen molar-refractivity contribution in [3.05, 3.63) is 0 Å². The summed E-state index contributed by atoms with van der Waals surface area (Å²) in [4.78, 5) is 18.2. The zero-order chi connectivity index (χ0) is 9.65. The number of carboxylic acid groups (broad SMARTS) is 2. The van der Waals surface area contributed by atoms with E-state index in [1.807, 2.05) is 0 Å². The van der Waals surface area contributed by atoms with Gasteiger partial charge in [-0.25, -0.2) is 9.59 Å². The van der Waals surface area contributed by atoms with E-state index >= 15 is 0 Å². The molecule has 12 heteroatoms. The monoisotopic (exact) mass is 298 g/mol. The Morgan fingerprint density at radius 1 is 0.929 bits per heavy atom. The van der Waals surface area contributed by atoms with Gasteiger partial charge in [0.15, 0.2) is 0 Å². The summed E-state index contributed by atoms with van der Waals surface area (Å²) in [5.41, 5.74) is 0. The Hall–Kier alpha value is 2.46. The third-order valence-electron chi connectivity index (χ3n) is 0.183. The van der Waals surface area contributed by atoms with E-state index in [9.17, 15) is 0 Å². The molecule has 0 radical (unpaired) electrons. The summed E-state index contributed by atoms with van der Waals surface area (Å²) in [5.74, 6) is -3.65. The Bertz CT molecular complexity index is 286. The van der Waals surface area contributed by atoms with Crippen LogP contribution in [0.1, 0.15) is 4.28 Å². The van der Waals surface area contributed by atoms with Crippen LogP contribution in [0.3, 0.4) is 0 Å². The normalized spacial score (nSPS) is 7.21. The van der Waals surface area contributed by atoms with Gasteiger partial charge < -0.3 is 14.5 Å². The minimum absolute atomic E-state index is 0. The van der Waals surface area contributed by atoms with E-state index in [-0.39, 0.29) is 115 Å². The fourth-order valence-corrected chi connectivity index (χ4v) is 0. The average molecular weight is 298 g/mol. The number of carboxylic acids is 2. The first-order valence-electron chi connectivity index (χ1n) is 1.74. The van der Waals surface area contributed by atoms with E-state index in [2.05, 4.69) is 0 Å². The molecular formula is C2H6KMnNa2O8. The topological polar surface area (TPSA) is 146 Å². The standard InChI is InChI=1S/C2H2O4.K.Mn.2Na.H2O.3O.3H/c3-1(4)2(5)6;;;;;;;;;;;/h(H,3,4)(H,5,6);;;;;1H2;;;;;;/q;4*+1;;;;;3*-1/p-1. The molecule has 0 unspecified atom stereocenters. The zero-order valence-corrected chi connectivity index (χ0v) is 16.1. The van der Waals surface area contributed by atoms with Crippen molar-refractivity contribution in [1.29, 1.82) is 0 Å². The molecule has 3 N–H and O–H groups in total. The predicted molar refractivity (Wildman–Crippen MR) is 22.9 cm³/mol. The molecule has 0 fully saturated rings. The molecule has 8 nitrogen and oxygen atoms in total. The average Bonchev–Trinajstić information content (AvgIpc) is 1.59. The van der Waals surface area contributed by atoms with Crippen LogP contribution < -0.4 is 110 Å². The molecule has 0 saturated heterocycles. The van der Waals surface area contributed by atoms with E-state index in [1.54, 1.807) is 0 Å². The van der Waals surface area contributed by atoms with Gasteiger partial charge in [-0.1, -0.05) is 0 Å². The van der Waals surface area contributed by atoms with Crippen LogP contribution in [-0.2, 0) is 34.1 Å². The number of carbonyl (C=O) groups is 2. The van der Waals surface area contributed by atoms with Crippen LogP contribution in [0.4, 0.5) is 0 Å². The van der Waals surface area contributed by atoms with Gasteiger partial charge in [0.05, 0.1) is 0 Å². The summed E-state index contributed by atoms with van der Waals surface area (Å²) < 4.78 is 33.1. The van der Waals surface area contributed by atoms with E-state index in [0.717, 1.165) is 0 Å². The fourth-order valence-electron chi connectivity index (χ4n) is 0. The van der Waals surface area contributed by atoms with Crippen LogP contribution in [0.25, 0.3) is 0 Å². The molecule has 0 rings (SSSR count). The van der Waals surface area contributed by atoms with Crippen LogP contribution in [0.5, 0.6) is 0 Å². The summed E-state index contributed by atoms with van der Waals surface area (Å²) in [6.45, 7) is 0. The van der Waals surface area contributed by atoms with Crippen LogP contribution in [0.2, 0.25) is 0 Å². The third kappa shape index (κ3) is 62.8. The maximum absolute atomic E-state index is 9.10. The van der Waals surface area contributed by atoms with E-state index in [4.69, 9.17) is 35.5 Å². The minimum atomic E-state index is -5.38. The zero-order valence-electron chi connectivity index (χ0n) is 10.8. The molecule has 0 amide bonds. The van der Waals surface area contributed by atoms with Crippen molar-refractivity contribution in [2.24, 2.45) is 0 Å². The summed E-state index contributed by atoms with van der Waals surface area (Å²) in [6.07, 6.45) is 0. The van der Waals surface area contributed by atoms with Gasteiger partial charge in [0, 0.05) is 0 Å². The fraction of sp³-hybridized carbons (Fsp3) is 0. The molecule has 0 saturated carbocycles. The molecule has 0 aliphatic heterocycles. The van der Waals surface area contributed by atoms with Gasteiger partial charge in [-0.05, 0) is 0 Å². The van der Waals surface area contributed by atoms with E-state index in [0.29, 0.717) is 0 Å². The first-order valence-corrected chi connectivity index (χ1v) is 3.71. The van der Waals surface area contributed by atoms with Crippen molar-refractivity contribution in [1.82, 2.24) is 0 Å². The maximum atomic E-state index is 9.10. The first-order chi connectivity index (χ1) is 4.64. The molecule has 0 aromatic carbocycles. The Kier molecular flexibility index (Phi) is 33.1. The van der Waals surface area contributed by atoms with Crippen LogP contribution in [0.15, 0.2) is 0 Å². The number of rotatable bonds is 0. The molecule has 0 aromatic rings. The van der Waals surface area contributed by atoms with Crippen molar-refractivity contribution in [2.45, 2.75) is 0 Å². The van der Waals surface area contributed by atoms with E-state index < -0.39 is 24.9 Å². The summed E-state index contributed by atoms with van der Waals surface area (Å²) in [7, 11) is 0. The molecule has 0 aliphatic rings.